The topological polar surface area (TPSA) is 47.3 Å². The average Bonchev–Trinajstić information content (AvgIpc) is 2.51. The molecule has 6 heteroatoms. The second-order valence-electron chi connectivity index (χ2n) is 5.01. The van der Waals surface area contributed by atoms with Crippen molar-refractivity contribution in [1.82, 2.24) is 9.80 Å². The smallest absolute Gasteiger partial charge is 0.254 e. The van der Waals surface area contributed by atoms with Crippen molar-refractivity contribution in [3.8, 4) is 6.07 Å². The van der Waals surface area contributed by atoms with Gasteiger partial charge in [-0.3, -0.25) is 9.69 Å². The highest BCUT2D eigenvalue weighted by atomic mass is 79.9. The zero-order valence-electron chi connectivity index (χ0n) is 11.9. The van der Waals surface area contributed by atoms with Gasteiger partial charge in [0.05, 0.1) is 16.6 Å². The second-order valence-corrected chi connectivity index (χ2v) is 5.86. The fourth-order valence-electron chi connectivity index (χ4n) is 2.48. The minimum Gasteiger partial charge on any atom is -0.336 e. The molecular formula is C15H17BrFN3O. The van der Waals surface area contributed by atoms with Gasteiger partial charge in [0.1, 0.15) is 5.82 Å². The van der Waals surface area contributed by atoms with Gasteiger partial charge in [0, 0.05) is 31.7 Å². The Bertz CT molecular complexity index is 565. The van der Waals surface area contributed by atoms with Crippen LogP contribution in [0.2, 0.25) is 0 Å². The van der Waals surface area contributed by atoms with Crippen LogP contribution in [0.4, 0.5) is 4.39 Å². The van der Waals surface area contributed by atoms with Crippen LogP contribution < -0.4 is 0 Å². The Kier molecular flexibility index (Phi) is 5.32. The standard InChI is InChI=1S/C15H17BrFN3O/c1-2-12(10-18)19-5-7-20(8-6-19)15(21)11-3-4-13(16)14(17)9-11/h3-4,9,12H,2,5-8H2,1H3. The lowest BCUT2D eigenvalue weighted by Crippen LogP contribution is -2.51. The van der Waals surface area contributed by atoms with Crippen molar-refractivity contribution in [2.45, 2.75) is 19.4 Å². The van der Waals surface area contributed by atoms with Gasteiger partial charge in [-0.2, -0.15) is 5.26 Å². The Hall–Kier alpha value is -1.45. The van der Waals surface area contributed by atoms with Crippen LogP contribution in [0.5, 0.6) is 0 Å². The highest BCUT2D eigenvalue weighted by Gasteiger charge is 2.26. The number of nitrogens with zero attached hydrogens (tertiary/aromatic N) is 3. The molecule has 0 bridgehead atoms. The molecule has 4 nitrogen and oxygen atoms in total. The Morgan fingerprint density at radius 3 is 2.62 bits per heavy atom. The zero-order chi connectivity index (χ0) is 15.4. The predicted molar refractivity (Wildman–Crippen MR) is 81.3 cm³/mol. The van der Waals surface area contributed by atoms with E-state index in [0.717, 1.165) is 6.42 Å². The van der Waals surface area contributed by atoms with Crippen molar-refractivity contribution >= 4 is 21.8 Å². The lowest BCUT2D eigenvalue weighted by Gasteiger charge is -2.36. The van der Waals surface area contributed by atoms with E-state index in [1.165, 1.54) is 6.07 Å². The van der Waals surface area contributed by atoms with Crippen LogP contribution in [0.25, 0.3) is 0 Å². The van der Waals surface area contributed by atoms with Crippen molar-refractivity contribution in [2.24, 2.45) is 0 Å². The molecule has 112 valence electrons. The van der Waals surface area contributed by atoms with Gasteiger partial charge < -0.3 is 4.90 Å². The summed E-state index contributed by atoms with van der Waals surface area (Å²) in [4.78, 5) is 16.1. The van der Waals surface area contributed by atoms with E-state index in [1.54, 1.807) is 17.0 Å². The molecule has 1 aromatic rings. The van der Waals surface area contributed by atoms with Gasteiger partial charge in [-0.05, 0) is 40.5 Å². The fourth-order valence-corrected chi connectivity index (χ4v) is 2.73. The first-order valence-corrected chi connectivity index (χ1v) is 7.74. The second kappa shape index (κ2) is 7.01. The van der Waals surface area contributed by atoms with E-state index in [-0.39, 0.29) is 11.9 Å². The summed E-state index contributed by atoms with van der Waals surface area (Å²) in [7, 11) is 0. The van der Waals surface area contributed by atoms with E-state index in [0.29, 0.717) is 36.2 Å². The maximum Gasteiger partial charge on any atom is 0.254 e. The highest BCUT2D eigenvalue weighted by Crippen LogP contribution is 2.18. The van der Waals surface area contributed by atoms with Crippen LogP contribution in [0.1, 0.15) is 23.7 Å². The predicted octanol–water partition coefficient (Wildman–Crippen LogP) is 2.65. The van der Waals surface area contributed by atoms with Gasteiger partial charge in [0.2, 0.25) is 0 Å². The number of amides is 1. The van der Waals surface area contributed by atoms with Crippen molar-refractivity contribution in [3.05, 3.63) is 34.1 Å². The van der Waals surface area contributed by atoms with Gasteiger partial charge >= 0.3 is 0 Å². The van der Waals surface area contributed by atoms with Gasteiger partial charge in [-0.15, -0.1) is 0 Å². The number of rotatable bonds is 3. The minimum atomic E-state index is -0.435. The Balaban J connectivity index is 2.00. The molecule has 1 unspecified atom stereocenters. The quantitative estimate of drug-likeness (QED) is 0.839. The Labute approximate surface area is 132 Å². The van der Waals surface area contributed by atoms with Gasteiger partial charge in [-0.25, -0.2) is 4.39 Å². The fraction of sp³-hybridized carbons (Fsp3) is 0.467. The average molecular weight is 354 g/mol. The first-order valence-electron chi connectivity index (χ1n) is 6.94. The Morgan fingerprint density at radius 1 is 1.43 bits per heavy atom. The molecule has 1 atom stereocenters. The molecule has 1 heterocycles. The summed E-state index contributed by atoms with van der Waals surface area (Å²) in [5.74, 6) is -0.596. The van der Waals surface area contributed by atoms with Gasteiger partial charge in [0.15, 0.2) is 0 Å². The molecule has 1 aliphatic rings. The number of hydrogen-bond acceptors (Lipinski definition) is 3. The van der Waals surface area contributed by atoms with Crippen LogP contribution in [-0.2, 0) is 0 Å². The lowest BCUT2D eigenvalue weighted by atomic mass is 10.1. The van der Waals surface area contributed by atoms with Crippen LogP contribution in [0.15, 0.2) is 22.7 Å². The Morgan fingerprint density at radius 2 is 2.10 bits per heavy atom. The van der Waals surface area contributed by atoms with E-state index < -0.39 is 5.82 Å². The molecule has 1 fully saturated rings. The number of carbonyl (C=O) groups is 1. The van der Waals surface area contributed by atoms with E-state index in [4.69, 9.17) is 5.26 Å². The van der Waals surface area contributed by atoms with Gasteiger partial charge in [-0.1, -0.05) is 6.92 Å². The number of hydrogen-bond donors (Lipinski definition) is 0. The highest BCUT2D eigenvalue weighted by molar-refractivity contribution is 9.10. The summed E-state index contributed by atoms with van der Waals surface area (Å²) in [6, 6.07) is 6.60. The van der Waals surface area contributed by atoms with Crippen molar-refractivity contribution in [1.29, 1.82) is 5.26 Å². The molecule has 0 aliphatic carbocycles. The molecule has 1 saturated heterocycles. The molecule has 0 radical (unpaired) electrons. The number of piperazine rings is 1. The number of nitriles is 1. The summed E-state index contributed by atoms with van der Waals surface area (Å²) in [6.07, 6.45) is 0.780. The molecule has 0 spiro atoms. The van der Waals surface area contributed by atoms with E-state index in [1.807, 2.05) is 6.92 Å². The molecule has 2 rings (SSSR count). The largest absolute Gasteiger partial charge is 0.336 e. The third-order valence-corrected chi connectivity index (χ3v) is 4.39. The molecule has 0 saturated carbocycles. The third kappa shape index (κ3) is 3.60. The maximum absolute atomic E-state index is 13.5. The van der Waals surface area contributed by atoms with Crippen LogP contribution in [-0.4, -0.2) is 47.9 Å². The van der Waals surface area contributed by atoms with Crippen molar-refractivity contribution in [3.63, 3.8) is 0 Å². The summed E-state index contributed by atoms with van der Waals surface area (Å²) >= 11 is 3.08. The number of halogens is 2. The normalized spacial score (nSPS) is 17.3. The lowest BCUT2D eigenvalue weighted by molar-refractivity contribution is 0.0604. The van der Waals surface area contributed by atoms with Crippen LogP contribution >= 0.6 is 15.9 Å². The molecule has 1 aromatic carbocycles. The molecule has 0 aromatic heterocycles. The van der Waals surface area contributed by atoms with E-state index in [2.05, 4.69) is 26.9 Å². The molecule has 0 N–H and O–H groups in total. The van der Waals surface area contributed by atoms with E-state index >= 15 is 0 Å². The summed E-state index contributed by atoms with van der Waals surface area (Å²) < 4.78 is 13.9. The zero-order valence-corrected chi connectivity index (χ0v) is 13.4. The molecule has 21 heavy (non-hydrogen) atoms. The molecule has 1 amide bonds. The SMILES string of the molecule is CCC(C#N)N1CCN(C(=O)c2ccc(Br)c(F)c2)CC1. The minimum absolute atomic E-state index is 0.0904. The van der Waals surface area contributed by atoms with Crippen LogP contribution in [0, 0.1) is 17.1 Å². The first-order chi connectivity index (χ1) is 10.1. The summed E-state index contributed by atoms with van der Waals surface area (Å²) in [5.41, 5.74) is 0.358. The van der Waals surface area contributed by atoms with Crippen molar-refractivity contribution in [2.75, 3.05) is 26.2 Å². The maximum atomic E-state index is 13.5. The number of benzene rings is 1. The summed E-state index contributed by atoms with van der Waals surface area (Å²) in [5, 5.41) is 9.07. The first kappa shape index (κ1) is 15.9. The number of carbonyl (C=O) groups excluding carboxylic acids is 1. The monoisotopic (exact) mass is 353 g/mol. The molecular weight excluding hydrogens is 337 g/mol. The summed E-state index contributed by atoms with van der Waals surface area (Å²) in [6.45, 7) is 4.47. The third-order valence-electron chi connectivity index (χ3n) is 3.74. The molecule has 1 aliphatic heterocycles. The van der Waals surface area contributed by atoms with Crippen molar-refractivity contribution < 1.29 is 9.18 Å². The van der Waals surface area contributed by atoms with Crippen LogP contribution in [0.3, 0.4) is 0 Å². The van der Waals surface area contributed by atoms with E-state index in [9.17, 15) is 9.18 Å². The van der Waals surface area contributed by atoms with Gasteiger partial charge in [0.25, 0.3) is 5.91 Å².